The van der Waals surface area contributed by atoms with Gasteiger partial charge in [-0.05, 0) is 40.5 Å². The molecule has 6 aromatic rings. The van der Waals surface area contributed by atoms with Crippen molar-refractivity contribution in [2.75, 3.05) is 0 Å². The number of carbonyl (C=O) groups excluding carboxylic acids is 1. The molecule has 13 nitrogen and oxygen atoms in total. The van der Waals surface area contributed by atoms with Crippen LogP contribution in [-0.4, -0.2) is 22.6 Å². The third-order valence-corrected chi connectivity index (χ3v) is 9.82. The van der Waals surface area contributed by atoms with Crippen molar-refractivity contribution >= 4 is 58.9 Å². The summed E-state index contributed by atoms with van der Waals surface area (Å²) in [6.07, 6.45) is 0. The molecule has 0 aliphatic heterocycles. The van der Waals surface area contributed by atoms with E-state index < -0.39 is 70.2 Å². The quantitative estimate of drug-likeness (QED) is 0.106. The number of nitrogens with zero attached hydrogens (tertiary/aromatic N) is 4. The Balaban J connectivity index is 1.51. The molecule has 0 aliphatic rings. The van der Waals surface area contributed by atoms with E-state index in [0.717, 1.165) is 24.3 Å². The van der Waals surface area contributed by atoms with Gasteiger partial charge in [0, 0.05) is 21.9 Å². The normalized spacial score (nSPS) is 11.5. The summed E-state index contributed by atoms with van der Waals surface area (Å²) >= 11 is 0. The summed E-state index contributed by atoms with van der Waals surface area (Å²) in [6, 6.07) is 23.8. The molecule has 0 fully saturated rings. The van der Waals surface area contributed by atoms with Crippen LogP contribution in [0.25, 0.3) is 31.5 Å². The minimum atomic E-state index is -4.98. The van der Waals surface area contributed by atoms with Crippen LogP contribution in [0.1, 0.15) is 15.9 Å². The van der Waals surface area contributed by atoms with E-state index in [4.69, 9.17) is 8.37 Å². The molecular weight excluding hydrogens is 661 g/mol. The molecule has 0 spiro atoms. The van der Waals surface area contributed by atoms with Gasteiger partial charge < -0.3 is 18.6 Å². The lowest BCUT2D eigenvalue weighted by molar-refractivity contribution is -0.265. The van der Waals surface area contributed by atoms with E-state index in [0.29, 0.717) is 0 Å². The van der Waals surface area contributed by atoms with Gasteiger partial charge in [-0.15, -0.1) is 0 Å². The molecule has 0 radical (unpaired) electrons. The van der Waals surface area contributed by atoms with Gasteiger partial charge >= 0.3 is 31.6 Å². The van der Waals surface area contributed by atoms with Crippen molar-refractivity contribution in [3.05, 3.63) is 130 Å². The zero-order valence-electron chi connectivity index (χ0n) is 24.2. The minimum Gasteiger partial charge on any atom is -0.867 e. The van der Waals surface area contributed by atoms with Gasteiger partial charge in [0.25, 0.3) is 0 Å². The predicted molar refractivity (Wildman–Crippen MR) is 168 cm³/mol. The van der Waals surface area contributed by atoms with Crippen LogP contribution in [0, 0.1) is 10.8 Å². The maximum atomic E-state index is 13.8. The Kier molecular flexibility index (Phi) is 7.85. The standard InChI is InChI=1S/C33H18N4O9S2/c34-36-25-17-29(21-10-4-6-12-23(21)32(25)39)47(41,42)45-27-15-14-20(31(38)19-8-2-1-3-9-19)16-28(27)46-48(43,44)30-18-26(37-35)33(40)24-13-7-5-11-22(24)30/h1-18H. The van der Waals surface area contributed by atoms with E-state index in [-0.39, 0.29) is 32.7 Å². The molecule has 15 heteroatoms. The van der Waals surface area contributed by atoms with Crippen LogP contribution in [-0.2, 0) is 20.2 Å². The lowest BCUT2D eigenvalue weighted by Gasteiger charge is -2.16. The molecule has 236 valence electrons. The summed E-state index contributed by atoms with van der Waals surface area (Å²) in [6.45, 7) is 0. The molecule has 0 heterocycles. The van der Waals surface area contributed by atoms with Crippen molar-refractivity contribution < 1.29 is 40.2 Å². The number of benzene rings is 6. The first kappa shape index (κ1) is 31.4. The van der Waals surface area contributed by atoms with Gasteiger partial charge in [0.1, 0.15) is 9.79 Å². The number of ketones is 1. The van der Waals surface area contributed by atoms with Gasteiger partial charge in [0.05, 0.1) is 12.1 Å². The fourth-order valence-electron chi connectivity index (χ4n) is 5.03. The highest BCUT2D eigenvalue weighted by Crippen LogP contribution is 2.42. The molecule has 0 unspecified atom stereocenters. The summed E-state index contributed by atoms with van der Waals surface area (Å²) in [5, 5.41) is 43.8. The number of fused-ring (bicyclic) bond motifs is 2. The van der Waals surface area contributed by atoms with Gasteiger partial charge in [0.2, 0.25) is 10.8 Å². The molecule has 0 saturated heterocycles. The van der Waals surface area contributed by atoms with Crippen LogP contribution in [0.15, 0.2) is 119 Å². The zero-order valence-corrected chi connectivity index (χ0v) is 25.8. The summed E-state index contributed by atoms with van der Waals surface area (Å²) in [7, 11) is -9.90. The van der Waals surface area contributed by atoms with Crippen LogP contribution in [0.2, 0.25) is 0 Å². The highest BCUT2D eigenvalue weighted by molar-refractivity contribution is 7.87. The van der Waals surface area contributed by atoms with E-state index in [1.165, 1.54) is 66.7 Å². The van der Waals surface area contributed by atoms with Crippen molar-refractivity contribution in [3.8, 4) is 23.0 Å². The van der Waals surface area contributed by atoms with Crippen molar-refractivity contribution in [2.45, 2.75) is 9.79 Å². The number of hydrogen-bond donors (Lipinski definition) is 0. The lowest BCUT2D eigenvalue weighted by atomic mass is 10.0. The number of hydrogen-bond acceptors (Lipinski definition) is 11. The second-order valence-corrected chi connectivity index (χ2v) is 13.2. The van der Waals surface area contributed by atoms with Crippen molar-refractivity contribution in [1.82, 2.24) is 0 Å². The number of carbonyl (C=O) groups is 1. The SMILES string of the molecule is N#[N+]c1cc(S(=O)(=O)Oc2ccc(C(=O)c3ccccc3)cc2OS(=O)(=O)c2cc([N+]#N)c([O-])c3ccccc23)c2ccccc2c1[O-]. The largest absolute Gasteiger partial charge is 0.867 e. The van der Waals surface area contributed by atoms with E-state index in [2.05, 4.69) is 9.95 Å². The first-order valence-electron chi connectivity index (χ1n) is 13.7. The number of diazo groups is 2. The number of rotatable bonds is 8. The fraction of sp³-hybridized carbons (Fsp3) is 0. The second-order valence-electron chi connectivity index (χ2n) is 10.2. The highest BCUT2D eigenvalue weighted by Gasteiger charge is 2.30. The topological polar surface area (TPSA) is 206 Å². The minimum absolute atomic E-state index is 0.0784. The summed E-state index contributed by atoms with van der Waals surface area (Å²) in [4.78, 5) is 17.9. The Morgan fingerprint density at radius 1 is 0.542 bits per heavy atom. The van der Waals surface area contributed by atoms with Crippen LogP contribution in [0.3, 0.4) is 0 Å². The maximum Gasteiger partial charge on any atom is 0.379 e. The summed E-state index contributed by atoms with van der Waals surface area (Å²) in [5.74, 6) is -3.51. The molecule has 0 atom stereocenters. The average molecular weight is 679 g/mol. The molecule has 0 saturated carbocycles. The first-order chi connectivity index (χ1) is 22.9. The van der Waals surface area contributed by atoms with E-state index in [9.17, 15) is 42.6 Å². The molecule has 48 heavy (non-hydrogen) atoms. The van der Waals surface area contributed by atoms with E-state index in [1.807, 2.05) is 0 Å². The summed E-state index contributed by atoms with van der Waals surface area (Å²) < 4.78 is 65.9. The average Bonchev–Trinajstić information content (AvgIpc) is 3.09. The summed E-state index contributed by atoms with van der Waals surface area (Å²) in [5.41, 5.74) is -1.09. The zero-order chi connectivity index (χ0) is 34.2. The van der Waals surface area contributed by atoms with Crippen LogP contribution in [0.5, 0.6) is 23.0 Å². The van der Waals surface area contributed by atoms with E-state index >= 15 is 0 Å². The van der Waals surface area contributed by atoms with Gasteiger partial charge in [0.15, 0.2) is 27.2 Å². The van der Waals surface area contributed by atoms with Crippen LogP contribution < -0.4 is 18.6 Å². The molecular formula is C33H18N4O9S2. The second kappa shape index (κ2) is 12.0. The first-order valence-corrected chi connectivity index (χ1v) is 16.6. The Morgan fingerprint density at radius 2 is 0.979 bits per heavy atom. The Hall–Kier alpha value is -6.55. The van der Waals surface area contributed by atoms with Crippen LogP contribution in [0.4, 0.5) is 11.4 Å². The van der Waals surface area contributed by atoms with Gasteiger partial charge in [-0.25, -0.2) is 0 Å². The molecule has 6 rings (SSSR count). The molecule has 6 aromatic carbocycles. The van der Waals surface area contributed by atoms with Crippen molar-refractivity contribution in [2.24, 2.45) is 0 Å². The molecule has 0 N–H and O–H groups in total. The van der Waals surface area contributed by atoms with Gasteiger partial charge in [-0.2, -0.15) is 16.8 Å². The monoisotopic (exact) mass is 678 g/mol. The third kappa shape index (κ3) is 5.56. The molecule has 0 aliphatic carbocycles. The molecule has 0 amide bonds. The maximum absolute atomic E-state index is 13.8. The van der Waals surface area contributed by atoms with Gasteiger partial charge in [-0.1, -0.05) is 78.9 Å². The smallest absolute Gasteiger partial charge is 0.379 e. The van der Waals surface area contributed by atoms with Gasteiger partial charge in [-0.3, -0.25) is 4.79 Å². The molecule has 0 bridgehead atoms. The predicted octanol–water partition coefficient (Wildman–Crippen LogP) is 5.88. The van der Waals surface area contributed by atoms with Crippen molar-refractivity contribution in [3.63, 3.8) is 0 Å². The van der Waals surface area contributed by atoms with Crippen molar-refractivity contribution in [1.29, 1.82) is 10.8 Å². The third-order valence-electron chi connectivity index (χ3n) is 7.27. The fourth-order valence-corrected chi connectivity index (χ4v) is 7.36. The Bertz CT molecular complexity index is 2620. The van der Waals surface area contributed by atoms with E-state index in [1.54, 1.807) is 18.2 Å². The Morgan fingerprint density at radius 3 is 1.46 bits per heavy atom. The van der Waals surface area contributed by atoms with Crippen LogP contribution >= 0.6 is 0 Å². The lowest BCUT2D eigenvalue weighted by Crippen LogP contribution is -2.15. The Labute approximate surface area is 272 Å². The molecule has 0 aromatic heterocycles. The highest BCUT2D eigenvalue weighted by atomic mass is 32.2.